The van der Waals surface area contributed by atoms with E-state index in [-0.39, 0.29) is 15.5 Å². The number of fused-ring (bicyclic) bond motifs is 1. The number of sulfonamides is 2. The maximum absolute atomic E-state index is 11.8. The SMILES string of the molecule is CNS(=O)(=O)c1ccc2c(O)cc(S(=O)(=O)NC)cc2c1. The summed E-state index contributed by atoms with van der Waals surface area (Å²) in [5, 5.41) is 10.6. The van der Waals surface area contributed by atoms with Gasteiger partial charge in [0.1, 0.15) is 5.75 Å². The smallest absolute Gasteiger partial charge is 0.240 e. The number of rotatable bonds is 4. The molecular weight excluding hydrogens is 316 g/mol. The summed E-state index contributed by atoms with van der Waals surface area (Å²) in [6, 6.07) is 6.47. The Hall–Kier alpha value is -1.68. The zero-order valence-corrected chi connectivity index (χ0v) is 12.9. The van der Waals surface area contributed by atoms with E-state index < -0.39 is 20.0 Å². The summed E-state index contributed by atoms with van der Waals surface area (Å²) in [7, 11) is -4.87. The van der Waals surface area contributed by atoms with Gasteiger partial charge in [0.25, 0.3) is 0 Å². The molecule has 7 nitrogen and oxygen atoms in total. The average Bonchev–Trinajstić information content (AvgIpc) is 2.46. The number of aromatic hydroxyl groups is 1. The molecule has 0 aliphatic heterocycles. The van der Waals surface area contributed by atoms with Crippen LogP contribution in [-0.2, 0) is 20.0 Å². The van der Waals surface area contributed by atoms with Gasteiger partial charge < -0.3 is 5.11 Å². The Kier molecular flexibility index (Phi) is 3.93. The first-order valence-corrected chi connectivity index (χ1v) is 8.82. The molecule has 21 heavy (non-hydrogen) atoms. The van der Waals surface area contributed by atoms with Crippen LogP contribution in [0.1, 0.15) is 0 Å². The maximum Gasteiger partial charge on any atom is 0.240 e. The summed E-state index contributed by atoms with van der Waals surface area (Å²) < 4.78 is 51.4. The van der Waals surface area contributed by atoms with Crippen LogP contribution in [0.5, 0.6) is 5.75 Å². The Balaban J connectivity index is 2.78. The fourth-order valence-corrected chi connectivity index (χ4v) is 3.41. The predicted molar refractivity (Wildman–Crippen MR) is 78.1 cm³/mol. The number of nitrogens with one attached hydrogen (secondary N) is 2. The fraction of sp³-hybridized carbons (Fsp3) is 0.167. The van der Waals surface area contributed by atoms with E-state index in [1.165, 1.54) is 38.4 Å². The maximum atomic E-state index is 11.8. The van der Waals surface area contributed by atoms with Crippen molar-refractivity contribution in [2.45, 2.75) is 9.79 Å². The molecule has 0 spiro atoms. The van der Waals surface area contributed by atoms with E-state index in [1.807, 2.05) is 0 Å². The topological polar surface area (TPSA) is 113 Å². The van der Waals surface area contributed by atoms with Crippen LogP contribution in [0, 0.1) is 0 Å². The minimum absolute atomic E-state index is 0.0177. The summed E-state index contributed by atoms with van der Waals surface area (Å²) in [6.45, 7) is 0. The van der Waals surface area contributed by atoms with Crippen molar-refractivity contribution in [3.8, 4) is 5.75 Å². The van der Waals surface area contributed by atoms with Gasteiger partial charge in [0, 0.05) is 11.5 Å². The molecular formula is C12H14N2O5S2. The van der Waals surface area contributed by atoms with Crippen molar-refractivity contribution >= 4 is 30.8 Å². The normalized spacial score (nSPS) is 12.7. The molecule has 0 fully saturated rings. The molecule has 0 saturated carbocycles. The molecule has 2 aromatic rings. The summed E-state index contributed by atoms with van der Waals surface area (Å²) in [5.41, 5.74) is 0. The van der Waals surface area contributed by atoms with Crippen molar-refractivity contribution in [1.82, 2.24) is 9.44 Å². The fourth-order valence-electron chi connectivity index (χ4n) is 1.86. The van der Waals surface area contributed by atoms with Crippen molar-refractivity contribution in [1.29, 1.82) is 0 Å². The predicted octanol–water partition coefficient (Wildman–Crippen LogP) is 0.362. The van der Waals surface area contributed by atoms with Gasteiger partial charge in [0.05, 0.1) is 9.79 Å². The molecule has 0 aliphatic carbocycles. The summed E-state index contributed by atoms with van der Waals surface area (Å²) in [4.78, 5) is -0.162. The van der Waals surface area contributed by atoms with Crippen LogP contribution in [-0.4, -0.2) is 36.0 Å². The molecule has 0 aromatic heterocycles. The van der Waals surface area contributed by atoms with Gasteiger partial charge in [-0.25, -0.2) is 26.3 Å². The number of phenols is 1. The Morgan fingerprint density at radius 1 is 0.857 bits per heavy atom. The lowest BCUT2D eigenvalue weighted by molar-refractivity contribution is 0.479. The third-order valence-electron chi connectivity index (χ3n) is 3.03. The minimum atomic E-state index is -3.74. The Morgan fingerprint density at radius 3 is 1.95 bits per heavy atom. The van der Waals surface area contributed by atoms with Gasteiger partial charge in [-0.3, -0.25) is 0 Å². The van der Waals surface area contributed by atoms with Gasteiger partial charge in [-0.1, -0.05) is 0 Å². The minimum Gasteiger partial charge on any atom is -0.507 e. The molecule has 114 valence electrons. The monoisotopic (exact) mass is 330 g/mol. The second-order valence-electron chi connectivity index (χ2n) is 4.24. The highest BCUT2D eigenvalue weighted by Gasteiger charge is 2.17. The second kappa shape index (κ2) is 5.26. The number of hydrogen-bond acceptors (Lipinski definition) is 5. The average molecular weight is 330 g/mol. The number of hydrogen-bond donors (Lipinski definition) is 3. The van der Waals surface area contributed by atoms with Crippen LogP contribution in [0.15, 0.2) is 40.1 Å². The zero-order valence-electron chi connectivity index (χ0n) is 11.3. The Morgan fingerprint density at radius 2 is 1.38 bits per heavy atom. The van der Waals surface area contributed by atoms with Gasteiger partial charge in [0.15, 0.2) is 0 Å². The van der Waals surface area contributed by atoms with Crippen molar-refractivity contribution in [2.75, 3.05) is 14.1 Å². The van der Waals surface area contributed by atoms with E-state index in [0.717, 1.165) is 6.07 Å². The molecule has 0 radical (unpaired) electrons. The third-order valence-corrected chi connectivity index (χ3v) is 5.84. The molecule has 2 aromatic carbocycles. The van der Waals surface area contributed by atoms with Crippen LogP contribution in [0.2, 0.25) is 0 Å². The van der Waals surface area contributed by atoms with Crippen molar-refractivity contribution in [3.05, 3.63) is 30.3 Å². The standard InChI is InChI=1S/C12H14N2O5S2/c1-13-20(16,17)9-3-4-11-8(5-9)6-10(7-12(11)15)21(18,19)14-2/h3-7,13-15H,1-2H3. The molecule has 3 N–H and O–H groups in total. The van der Waals surface area contributed by atoms with Gasteiger partial charge >= 0.3 is 0 Å². The van der Waals surface area contributed by atoms with E-state index in [0.29, 0.717) is 10.8 Å². The van der Waals surface area contributed by atoms with Gasteiger partial charge in [-0.05, 0) is 43.7 Å². The van der Waals surface area contributed by atoms with Crippen LogP contribution >= 0.6 is 0 Å². The molecule has 0 bridgehead atoms. The van der Waals surface area contributed by atoms with Crippen LogP contribution < -0.4 is 9.44 Å². The summed E-state index contributed by atoms with van der Waals surface area (Å²) in [5.74, 6) is -0.241. The largest absolute Gasteiger partial charge is 0.507 e. The third kappa shape index (κ3) is 2.86. The highest BCUT2D eigenvalue weighted by Crippen LogP contribution is 2.30. The van der Waals surface area contributed by atoms with E-state index >= 15 is 0 Å². The van der Waals surface area contributed by atoms with E-state index in [2.05, 4.69) is 9.44 Å². The number of benzene rings is 2. The first-order valence-electron chi connectivity index (χ1n) is 5.85. The lowest BCUT2D eigenvalue weighted by Gasteiger charge is -2.09. The van der Waals surface area contributed by atoms with Crippen LogP contribution in [0.3, 0.4) is 0 Å². The zero-order chi connectivity index (χ0) is 15.8. The molecule has 0 atom stereocenters. The van der Waals surface area contributed by atoms with Crippen molar-refractivity contribution < 1.29 is 21.9 Å². The molecule has 0 amide bonds. The van der Waals surface area contributed by atoms with E-state index in [1.54, 1.807) is 0 Å². The molecule has 2 rings (SSSR count). The van der Waals surface area contributed by atoms with Crippen molar-refractivity contribution in [2.24, 2.45) is 0 Å². The first kappa shape index (κ1) is 15.7. The molecule has 0 aliphatic rings. The molecule has 9 heteroatoms. The van der Waals surface area contributed by atoms with E-state index in [4.69, 9.17) is 0 Å². The van der Waals surface area contributed by atoms with Gasteiger partial charge in [-0.2, -0.15) is 0 Å². The van der Waals surface area contributed by atoms with E-state index in [9.17, 15) is 21.9 Å². The summed E-state index contributed by atoms with van der Waals surface area (Å²) >= 11 is 0. The lowest BCUT2D eigenvalue weighted by atomic mass is 10.1. The van der Waals surface area contributed by atoms with Gasteiger partial charge in [0.2, 0.25) is 20.0 Å². The highest BCUT2D eigenvalue weighted by molar-refractivity contribution is 7.89. The molecule has 0 unspecified atom stereocenters. The van der Waals surface area contributed by atoms with Crippen molar-refractivity contribution in [3.63, 3.8) is 0 Å². The Labute approximate surface area is 122 Å². The Bertz CT molecular complexity index is 899. The van der Waals surface area contributed by atoms with Crippen LogP contribution in [0.4, 0.5) is 0 Å². The number of phenolic OH excluding ortho intramolecular Hbond substituents is 1. The highest BCUT2D eigenvalue weighted by atomic mass is 32.2. The first-order chi connectivity index (χ1) is 9.71. The second-order valence-corrected chi connectivity index (χ2v) is 8.01. The van der Waals surface area contributed by atoms with Crippen LogP contribution in [0.25, 0.3) is 10.8 Å². The summed E-state index contributed by atoms with van der Waals surface area (Å²) in [6.07, 6.45) is 0. The molecule has 0 saturated heterocycles. The lowest BCUT2D eigenvalue weighted by Crippen LogP contribution is -2.19. The quantitative estimate of drug-likeness (QED) is 0.749. The van der Waals surface area contributed by atoms with Gasteiger partial charge in [-0.15, -0.1) is 0 Å². The molecule has 0 heterocycles.